The van der Waals surface area contributed by atoms with E-state index in [0.29, 0.717) is 182 Å². The molecule has 8 amide bonds. The molecule has 9 rings (SSSR count). The maximum absolute atomic E-state index is 13.1. The van der Waals surface area contributed by atoms with Crippen LogP contribution in [0.15, 0.2) is 121 Å². The summed E-state index contributed by atoms with van der Waals surface area (Å²) in [4.78, 5) is 71.4. The molecule has 3 aromatic heterocycles. The van der Waals surface area contributed by atoms with Crippen LogP contribution in [-0.2, 0) is 78.8 Å². The molecule has 0 saturated heterocycles. The molecule has 0 saturated carbocycles. The molecule has 4 aromatic carbocycles. The van der Waals surface area contributed by atoms with Gasteiger partial charge in [0.05, 0.1) is 22.8 Å². The first kappa shape index (κ1) is 103. The van der Waals surface area contributed by atoms with Crippen LogP contribution in [0.4, 0.5) is 19.2 Å². The van der Waals surface area contributed by atoms with Gasteiger partial charge in [-0.2, -0.15) is 0 Å². The molecule has 10 N–H and O–H groups in total. The average molecular weight is 1830 g/mol. The summed E-state index contributed by atoms with van der Waals surface area (Å²) < 4.78 is 72.3. The number of nitrogens with one attached hydrogen (secondary N) is 10. The standard InChI is InChI=1S/C96H142N12O16Si4/c1-13-113-125(114-14-2,115-15-3)69-29-65-101-93(109)97-61-25-33-73-37-45-77(46-38-73)89-81-53-55-83(105-81)90(78-47-39-74(40-48-78)34-26-62-98-94(110)102-66-30-70-126(116-16-4,117-17-5)118-18-6)85-57-59-87(107-85)92(80-51-43-76(44-52-80)36-28-64-100-96(112)104-68-32-72-128(122-22-10,123-23-11)124-24-12)88-60-58-86(108-88)91(84-56-54-82(89)106-84)79-49-41-75(42-50-79)35-27-63-99-95(111)103-67-31-71-127(119-19-7,120-20-8)121-21-9/h37-60,105,108H,13-36,61-72H2,1-12H3,(H2,97,101,109)(H2,98,102,110)(H2,99,103,111)(H2,100,104,112). The zero-order valence-corrected chi connectivity index (χ0v) is 81.7. The molecule has 0 fully saturated rings. The van der Waals surface area contributed by atoms with E-state index in [1.807, 2.05) is 83.1 Å². The molecule has 2 aliphatic rings. The Balaban J connectivity index is 1.03. The van der Waals surface area contributed by atoms with Crippen LogP contribution >= 0.6 is 0 Å². The molecular formula is C96H142N12O16Si4. The number of urea groups is 4. The van der Waals surface area contributed by atoms with Crippen LogP contribution in [0.2, 0.25) is 24.2 Å². The number of H-pyrrole nitrogens is 2. The summed E-state index contributed by atoms with van der Waals surface area (Å²) in [5.41, 5.74) is 18.4. The average Bonchev–Trinajstić information content (AvgIpc) is 1.61. The topological polar surface area (TPSA) is 333 Å². The van der Waals surface area contributed by atoms with Crippen LogP contribution in [0.3, 0.4) is 0 Å². The minimum absolute atomic E-state index is 0.221. The summed E-state index contributed by atoms with van der Waals surface area (Å²) in [5.74, 6) is 0. The zero-order chi connectivity index (χ0) is 91.3. The highest BCUT2D eigenvalue weighted by atomic mass is 28.4. The number of benzene rings is 4. The van der Waals surface area contributed by atoms with Crippen molar-refractivity contribution in [3.63, 3.8) is 0 Å². The molecule has 0 unspecified atom stereocenters. The van der Waals surface area contributed by atoms with E-state index in [4.69, 9.17) is 63.1 Å². The second-order valence-electron chi connectivity index (χ2n) is 30.8. The number of rotatable bonds is 60. The molecule has 8 bridgehead atoms. The van der Waals surface area contributed by atoms with Crippen molar-refractivity contribution in [1.82, 2.24) is 62.5 Å². The minimum atomic E-state index is -2.82. The third kappa shape index (κ3) is 31.6. The van der Waals surface area contributed by atoms with E-state index in [0.717, 1.165) is 163 Å². The lowest BCUT2D eigenvalue weighted by molar-refractivity contribution is 0.0700. The summed E-state index contributed by atoms with van der Waals surface area (Å²) >= 11 is 0. The van der Waals surface area contributed by atoms with Crippen LogP contribution < -0.4 is 42.5 Å². The van der Waals surface area contributed by atoms with Gasteiger partial charge in [0.25, 0.3) is 0 Å². The Morgan fingerprint density at radius 2 is 0.406 bits per heavy atom. The molecule has 28 nitrogen and oxygen atoms in total. The third-order valence-corrected chi connectivity index (χ3v) is 34.2. The number of carbonyl (C=O) groups is 4. The van der Waals surface area contributed by atoms with Gasteiger partial charge in [-0.3, -0.25) is 0 Å². The fourth-order valence-corrected chi connectivity index (χ4v) is 26.5. The Bertz CT molecular complexity index is 4120. The molecule has 0 atom stereocenters. The SMILES string of the molecule is CCO[Si](CCCNC(=O)NCCCc1ccc(-c2c3nc(c(-c4ccc(CCCNC(=O)NCCC[Si](OCC)(OCC)OCC)cc4)c4ccc([nH]4)c(-c4ccc(CCCNC(=O)NCCC[Si](OCC)(OCC)OCC)cc4)c4nc(c(-c5ccc(CCCNC(=O)NCCC[Si](OCC)(OCC)OCC)cc5)c5ccc2[nH]5)C=C4)C=C3)cc1)(OCC)OCC. The number of aromatic amines is 2. The van der Waals surface area contributed by atoms with Gasteiger partial charge >= 0.3 is 59.3 Å². The summed E-state index contributed by atoms with van der Waals surface area (Å²) in [5, 5.41) is 24.2. The smallest absolute Gasteiger partial charge is 0.374 e. The molecule has 5 heterocycles. The highest BCUT2D eigenvalue weighted by Crippen LogP contribution is 2.40. The fourth-order valence-electron chi connectivity index (χ4n) is 16.0. The van der Waals surface area contributed by atoms with Gasteiger partial charge in [0.15, 0.2) is 0 Å². The Morgan fingerprint density at radius 3 is 0.570 bits per heavy atom. The van der Waals surface area contributed by atoms with Crippen LogP contribution in [0, 0.1) is 0 Å². The second-order valence-corrected chi connectivity index (χ2v) is 41.7. The van der Waals surface area contributed by atoms with Crippen molar-refractivity contribution in [1.29, 1.82) is 0 Å². The summed E-state index contributed by atoms with van der Waals surface area (Å²) in [6.07, 6.45) is 16.9. The molecule has 7 aromatic rings. The number of hydrogen-bond donors (Lipinski definition) is 10. The van der Waals surface area contributed by atoms with Crippen molar-refractivity contribution >= 4 is 106 Å². The van der Waals surface area contributed by atoms with Crippen molar-refractivity contribution in [2.24, 2.45) is 0 Å². The number of nitrogens with zero attached hydrogens (tertiary/aromatic N) is 2. The van der Waals surface area contributed by atoms with E-state index in [9.17, 15) is 19.2 Å². The van der Waals surface area contributed by atoms with E-state index in [1.165, 1.54) is 0 Å². The van der Waals surface area contributed by atoms with E-state index in [-0.39, 0.29) is 24.1 Å². The maximum atomic E-state index is 13.1. The summed E-state index contributed by atoms with van der Waals surface area (Å²) in [6, 6.07) is 44.7. The van der Waals surface area contributed by atoms with Crippen molar-refractivity contribution < 1.29 is 72.3 Å². The van der Waals surface area contributed by atoms with Gasteiger partial charge in [0.1, 0.15) is 0 Å². The minimum Gasteiger partial charge on any atom is -0.374 e. The Labute approximate surface area is 762 Å². The number of amides is 8. The van der Waals surface area contributed by atoms with Gasteiger partial charge in [-0.1, -0.05) is 97.1 Å². The molecule has 2 aliphatic heterocycles. The van der Waals surface area contributed by atoms with Gasteiger partial charge in [0, 0.05) is 200 Å². The highest BCUT2D eigenvalue weighted by Gasteiger charge is 2.43. The van der Waals surface area contributed by atoms with Crippen molar-refractivity contribution in [2.45, 2.75) is 184 Å². The van der Waals surface area contributed by atoms with Crippen LogP contribution in [0.1, 0.15) is 179 Å². The second kappa shape index (κ2) is 55.2. The monoisotopic (exact) mass is 1830 g/mol. The maximum Gasteiger partial charge on any atom is 0.500 e. The van der Waals surface area contributed by atoms with Gasteiger partial charge in [-0.25, -0.2) is 29.1 Å². The summed E-state index contributed by atoms with van der Waals surface area (Å²) in [6.45, 7) is 33.1. The van der Waals surface area contributed by atoms with E-state index in [2.05, 4.69) is 198 Å². The van der Waals surface area contributed by atoms with Gasteiger partial charge in [-0.05, 0) is 253 Å². The van der Waals surface area contributed by atoms with Crippen molar-refractivity contribution in [3.05, 3.63) is 166 Å². The molecule has 32 heteroatoms. The number of fused-ring (bicyclic) bond motifs is 8. The predicted molar refractivity (Wildman–Crippen MR) is 520 cm³/mol. The van der Waals surface area contributed by atoms with Crippen molar-refractivity contribution in [2.75, 3.05) is 132 Å². The third-order valence-electron chi connectivity index (χ3n) is 21.6. The predicted octanol–water partition coefficient (Wildman–Crippen LogP) is 18.0. The van der Waals surface area contributed by atoms with Crippen molar-refractivity contribution in [3.8, 4) is 44.5 Å². The van der Waals surface area contributed by atoms with Gasteiger partial charge in [-0.15, -0.1) is 0 Å². The van der Waals surface area contributed by atoms with Crippen LogP contribution in [0.25, 0.3) is 90.9 Å². The lowest BCUT2D eigenvalue weighted by atomic mass is 10.0. The lowest BCUT2D eigenvalue weighted by Crippen LogP contribution is -2.46. The van der Waals surface area contributed by atoms with E-state index >= 15 is 0 Å². The Hall–Kier alpha value is -9.05. The zero-order valence-electron chi connectivity index (χ0n) is 77.7. The molecule has 0 aliphatic carbocycles. The molecule has 698 valence electrons. The molecule has 0 radical (unpaired) electrons. The lowest BCUT2D eigenvalue weighted by Gasteiger charge is -2.28. The first-order valence-corrected chi connectivity index (χ1v) is 54.4. The molecular weight excluding hydrogens is 1690 g/mol. The number of carbonyl (C=O) groups excluding carboxylic acids is 4. The quantitative estimate of drug-likeness (QED) is 0.0125. The van der Waals surface area contributed by atoms with Gasteiger partial charge in [0.2, 0.25) is 0 Å². The Kier molecular flexibility index (Phi) is 44.3. The number of aromatic nitrogens is 4. The van der Waals surface area contributed by atoms with E-state index < -0.39 is 35.2 Å². The highest BCUT2D eigenvalue weighted by molar-refractivity contribution is 6.62. The van der Waals surface area contributed by atoms with Gasteiger partial charge < -0.3 is 106 Å². The Morgan fingerprint density at radius 1 is 0.242 bits per heavy atom. The first-order chi connectivity index (χ1) is 62.4. The number of hydrogen-bond acceptors (Lipinski definition) is 18. The van der Waals surface area contributed by atoms with E-state index in [1.54, 1.807) is 0 Å². The molecule has 128 heavy (non-hydrogen) atoms. The summed E-state index contributed by atoms with van der Waals surface area (Å²) in [7, 11) is -11.3. The van der Waals surface area contributed by atoms with Crippen LogP contribution in [-0.4, -0.2) is 211 Å². The largest absolute Gasteiger partial charge is 0.500 e. The first-order valence-electron chi connectivity index (χ1n) is 46.7. The normalized spacial score (nSPS) is 12.2. The fraction of sp³-hybridized carbons (Fsp3) is 0.500. The van der Waals surface area contributed by atoms with Crippen LogP contribution in [0.5, 0.6) is 0 Å². The molecule has 0 spiro atoms. The number of aryl methyl sites for hydroxylation is 4.